The van der Waals surface area contributed by atoms with E-state index in [1.54, 1.807) is 51.1 Å². The summed E-state index contributed by atoms with van der Waals surface area (Å²) in [5, 5.41) is 15.0. The van der Waals surface area contributed by atoms with Crippen LogP contribution >= 0.6 is 23.2 Å². The highest BCUT2D eigenvalue weighted by Crippen LogP contribution is 2.40. The van der Waals surface area contributed by atoms with Crippen molar-refractivity contribution >= 4 is 62.2 Å². The van der Waals surface area contributed by atoms with Crippen LogP contribution in [0.2, 0.25) is 10.2 Å². The smallest absolute Gasteiger partial charge is 0.338 e. The highest BCUT2D eigenvalue weighted by atomic mass is 35.5. The molecule has 5 rings (SSSR count). The maximum Gasteiger partial charge on any atom is 0.338 e. The first kappa shape index (κ1) is 32.9. The Morgan fingerprint density at radius 3 is 2.57 bits per heavy atom. The van der Waals surface area contributed by atoms with Gasteiger partial charge in [0.05, 0.1) is 27.7 Å². The van der Waals surface area contributed by atoms with Gasteiger partial charge in [0, 0.05) is 30.4 Å². The van der Waals surface area contributed by atoms with Crippen molar-refractivity contribution in [1.82, 2.24) is 9.78 Å². The second kappa shape index (κ2) is 13.1. The first-order valence-electron chi connectivity index (χ1n) is 13.9. The lowest BCUT2D eigenvalue weighted by molar-refractivity contribution is -0.384. The number of rotatable bonds is 9. The van der Waals surface area contributed by atoms with E-state index in [2.05, 4.69) is 5.10 Å². The van der Waals surface area contributed by atoms with Crippen molar-refractivity contribution in [2.24, 2.45) is 0 Å². The number of hydrogen-bond acceptors (Lipinski definition) is 8. The number of benzene rings is 3. The Kier molecular flexibility index (Phi) is 9.38. The van der Waals surface area contributed by atoms with Gasteiger partial charge in [-0.3, -0.25) is 19.1 Å². The van der Waals surface area contributed by atoms with E-state index in [1.165, 1.54) is 47.3 Å². The normalized spacial score (nSPS) is 15.6. The molecule has 0 bridgehead atoms. The third kappa shape index (κ3) is 6.57. The van der Waals surface area contributed by atoms with Crippen molar-refractivity contribution < 1.29 is 32.0 Å². The van der Waals surface area contributed by atoms with Crippen LogP contribution in [0.1, 0.15) is 42.3 Å². The summed E-state index contributed by atoms with van der Waals surface area (Å²) in [4.78, 5) is 23.0. The van der Waals surface area contributed by atoms with E-state index in [4.69, 9.17) is 32.7 Å². The van der Waals surface area contributed by atoms with E-state index >= 15 is 0 Å². The predicted molar refractivity (Wildman–Crippen MR) is 171 cm³/mol. The number of aromatic nitrogens is 2. The quantitative estimate of drug-likeness (QED) is 0.0793. The number of hydrogen-bond donors (Lipinski definition) is 0. The number of ether oxygens (including phenoxy) is 2. The molecule has 1 aromatic heterocycles. The van der Waals surface area contributed by atoms with Crippen molar-refractivity contribution in [1.29, 1.82) is 0 Å². The van der Waals surface area contributed by atoms with Crippen LogP contribution < -0.4 is 9.04 Å². The largest absolute Gasteiger partial charge is 0.482 e. The second-order valence-corrected chi connectivity index (χ2v) is 13.0. The van der Waals surface area contributed by atoms with E-state index in [0.717, 1.165) is 4.31 Å². The number of nitro benzene ring substituents is 1. The minimum atomic E-state index is -4.33. The number of nitro groups is 1. The fraction of sp³-hybridized carbons (Fsp3) is 0.226. The fourth-order valence-electron chi connectivity index (χ4n) is 4.91. The minimum Gasteiger partial charge on any atom is -0.482 e. The molecule has 2 unspecified atom stereocenters. The maximum absolute atomic E-state index is 14.6. The van der Waals surface area contributed by atoms with Crippen molar-refractivity contribution in [2.45, 2.75) is 44.4 Å². The number of allylic oxidation sites excluding steroid dienone is 1. The van der Waals surface area contributed by atoms with E-state index < -0.39 is 38.9 Å². The Morgan fingerprint density at radius 1 is 1.22 bits per heavy atom. The molecule has 0 fully saturated rings. The highest BCUT2D eigenvalue weighted by molar-refractivity contribution is 7.93. The zero-order chi connectivity index (χ0) is 33.3. The predicted octanol–water partition coefficient (Wildman–Crippen LogP) is 7.02. The van der Waals surface area contributed by atoms with Gasteiger partial charge in [-0.2, -0.15) is 5.10 Å². The van der Waals surface area contributed by atoms with Crippen LogP contribution in [0, 0.1) is 15.9 Å². The van der Waals surface area contributed by atoms with Crippen molar-refractivity contribution in [2.75, 3.05) is 10.8 Å². The summed E-state index contributed by atoms with van der Waals surface area (Å²) in [7, 11) is -4.33. The number of non-ortho nitro benzene ring substituents is 1. The molecule has 11 nitrogen and oxygen atoms in total. The van der Waals surface area contributed by atoms with Crippen LogP contribution in [0.4, 0.5) is 15.8 Å². The molecule has 240 valence electrons. The first-order valence-corrected chi connectivity index (χ1v) is 16.1. The number of carbonyl (C=O) groups excluding carboxylic acids is 1. The van der Waals surface area contributed by atoms with Gasteiger partial charge in [0.15, 0.2) is 11.3 Å². The Labute approximate surface area is 273 Å². The van der Waals surface area contributed by atoms with Gasteiger partial charge in [0.2, 0.25) is 0 Å². The topological polar surface area (TPSA) is 134 Å². The molecule has 0 radical (unpaired) electrons. The summed E-state index contributed by atoms with van der Waals surface area (Å²) in [5.41, 5.74) is 1.30. The number of halogens is 3. The average molecular weight is 690 g/mol. The van der Waals surface area contributed by atoms with Gasteiger partial charge in [-0.15, -0.1) is 0 Å². The number of sulfonamides is 1. The number of aryl methyl sites for hydroxylation is 1. The molecule has 4 aromatic rings. The van der Waals surface area contributed by atoms with Crippen LogP contribution in [-0.4, -0.2) is 47.8 Å². The van der Waals surface area contributed by atoms with E-state index in [9.17, 15) is 27.7 Å². The number of esters is 1. The average Bonchev–Trinajstić information content (AvgIpc) is 3.41. The summed E-state index contributed by atoms with van der Waals surface area (Å²) in [6, 6.07) is 14.1. The van der Waals surface area contributed by atoms with Crippen LogP contribution in [0.15, 0.2) is 71.8 Å². The fourth-order valence-corrected chi connectivity index (χ4v) is 7.16. The van der Waals surface area contributed by atoms with E-state index in [-0.39, 0.29) is 49.9 Å². The van der Waals surface area contributed by atoms with Gasteiger partial charge in [0.25, 0.3) is 15.7 Å². The van der Waals surface area contributed by atoms with Gasteiger partial charge < -0.3 is 9.47 Å². The Hall–Kier alpha value is -4.46. The first-order chi connectivity index (χ1) is 21.8. The summed E-state index contributed by atoms with van der Waals surface area (Å²) >= 11 is 12.5. The minimum absolute atomic E-state index is 0.0682. The molecule has 0 amide bonds. The zero-order valence-electron chi connectivity index (χ0n) is 24.7. The molecule has 1 aliphatic heterocycles. The van der Waals surface area contributed by atoms with Crippen LogP contribution in [-0.2, 0) is 21.3 Å². The molecule has 2 atom stereocenters. The summed E-state index contributed by atoms with van der Waals surface area (Å²) in [6.45, 7) is 5.11. The summed E-state index contributed by atoms with van der Waals surface area (Å²) in [6.07, 6.45) is 1.06. The zero-order valence-corrected chi connectivity index (χ0v) is 27.0. The Bertz CT molecular complexity index is 1950. The Balaban J connectivity index is 1.51. The molecule has 0 aliphatic carbocycles. The van der Waals surface area contributed by atoms with Gasteiger partial charge in [-0.1, -0.05) is 41.4 Å². The number of carbonyl (C=O) groups is 1. The summed E-state index contributed by atoms with van der Waals surface area (Å²) < 4.78 is 57.1. The SMILES string of the molecule is CCn1cc(S(=O)(=O)N2CC(C(C)OC(=O)c3ccc([N+](=O)[O-])cc3)Oc3ccc(/C=C(\C)c4c(F)cccc4Cl)cc32)c(Cl)n1. The lowest BCUT2D eigenvalue weighted by Gasteiger charge is -2.37. The van der Waals surface area contributed by atoms with Crippen molar-refractivity contribution in [3.63, 3.8) is 0 Å². The van der Waals surface area contributed by atoms with Crippen molar-refractivity contribution in [3.8, 4) is 5.75 Å². The van der Waals surface area contributed by atoms with Crippen LogP contribution in [0.25, 0.3) is 11.6 Å². The Morgan fingerprint density at radius 2 is 1.93 bits per heavy atom. The van der Waals surface area contributed by atoms with E-state index in [0.29, 0.717) is 17.7 Å². The molecule has 0 saturated carbocycles. The molecule has 15 heteroatoms. The van der Waals surface area contributed by atoms with Crippen molar-refractivity contribution in [3.05, 3.63) is 110 Å². The van der Waals surface area contributed by atoms with E-state index in [1.807, 2.05) is 0 Å². The standard InChI is InChI=1S/C31H27Cl2FN4O7S/c1-4-36-17-28(30(33)35-36)46(42,43)37-16-27(19(3)44-31(39)21-9-11-22(12-10-21)38(40)41)45-26-13-8-20(15-25(26)37)14-18(2)29-23(32)6-5-7-24(29)34/h5-15,17,19,27H,4,16H2,1-3H3/b18-14+. The van der Waals surface area contributed by atoms with Crippen LogP contribution in [0.5, 0.6) is 5.75 Å². The van der Waals surface area contributed by atoms with Gasteiger partial charge in [-0.25, -0.2) is 17.6 Å². The molecular formula is C31H27Cl2FN4O7S. The number of nitrogens with zero attached hydrogens (tertiary/aromatic N) is 4. The highest BCUT2D eigenvalue weighted by Gasteiger charge is 2.40. The molecule has 0 N–H and O–H groups in total. The molecule has 3 aromatic carbocycles. The maximum atomic E-state index is 14.6. The molecule has 2 heterocycles. The number of anilines is 1. The van der Waals surface area contributed by atoms with Gasteiger partial charge >= 0.3 is 5.97 Å². The third-order valence-electron chi connectivity index (χ3n) is 7.32. The number of fused-ring (bicyclic) bond motifs is 1. The lowest BCUT2D eigenvalue weighted by Crippen LogP contribution is -2.49. The second-order valence-electron chi connectivity index (χ2n) is 10.4. The van der Waals surface area contributed by atoms with Gasteiger partial charge in [0.1, 0.15) is 22.6 Å². The lowest BCUT2D eigenvalue weighted by atomic mass is 10.0. The summed E-state index contributed by atoms with van der Waals surface area (Å²) in [5.74, 6) is -1.11. The third-order valence-corrected chi connectivity index (χ3v) is 9.81. The molecule has 1 aliphatic rings. The van der Waals surface area contributed by atoms with Gasteiger partial charge in [-0.05, 0) is 68.3 Å². The monoisotopic (exact) mass is 688 g/mol. The molecular weight excluding hydrogens is 662 g/mol. The van der Waals surface area contributed by atoms with Crippen LogP contribution in [0.3, 0.4) is 0 Å². The molecule has 0 spiro atoms. The molecule has 46 heavy (non-hydrogen) atoms. The molecule has 0 saturated heterocycles.